The summed E-state index contributed by atoms with van der Waals surface area (Å²) in [6, 6.07) is 9.00. The molecule has 6 N–H and O–H groups in total. The van der Waals surface area contributed by atoms with Gasteiger partial charge in [-0.25, -0.2) is 19.4 Å². The van der Waals surface area contributed by atoms with Crippen molar-refractivity contribution in [2.75, 3.05) is 55.6 Å². The van der Waals surface area contributed by atoms with Crippen molar-refractivity contribution in [1.29, 1.82) is 0 Å². The van der Waals surface area contributed by atoms with Crippen LogP contribution in [0.3, 0.4) is 0 Å². The number of methoxy groups -OCH3 is 2. The van der Waals surface area contributed by atoms with Gasteiger partial charge < -0.3 is 64.8 Å². The number of hydrogen-bond donors (Lipinski definition) is 5. The summed E-state index contributed by atoms with van der Waals surface area (Å²) in [4.78, 5) is 86.2. The molecule has 0 bridgehead atoms. The second-order valence-corrected chi connectivity index (χ2v) is 19.8. The third-order valence-electron chi connectivity index (χ3n) is 12.8. The maximum absolute atomic E-state index is 14.2. The molecule has 6 atom stereocenters. The second kappa shape index (κ2) is 21.8. The largest absolute Gasteiger partial charge is 0.493 e. The molecule has 3 aromatic carbocycles. The molecule has 2 saturated heterocycles. The number of hydrogen-bond acceptors (Lipinski definition) is 15. The van der Waals surface area contributed by atoms with Crippen LogP contribution in [-0.4, -0.2) is 139 Å². The first-order valence-corrected chi connectivity index (χ1v) is 24.0. The number of fused-ring (bicyclic) bond motifs is 4. The number of nitrogens with zero attached hydrogens (tertiary/aromatic N) is 4. The van der Waals surface area contributed by atoms with Crippen LogP contribution in [0.1, 0.15) is 87.1 Å². The average molecular weight is 1010 g/mol. The average Bonchev–Trinajstić information content (AvgIpc) is 3.90. The Morgan fingerprint density at radius 3 is 1.67 bits per heavy atom. The predicted octanol–water partition coefficient (Wildman–Crippen LogP) is 5.07. The van der Waals surface area contributed by atoms with Gasteiger partial charge in [-0.15, -0.1) is 0 Å². The van der Waals surface area contributed by atoms with Gasteiger partial charge in [0, 0.05) is 37.3 Å². The van der Waals surface area contributed by atoms with Crippen molar-refractivity contribution in [3.63, 3.8) is 0 Å². The number of carbonyl (C=O) groups is 6. The summed E-state index contributed by atoms with van der Waals surface area (Å²) in [6.45, 7) is 18.4. The molecule has 4 aliphatic heterocycles. The van der Waals surface area contributed by atoms with Crippen molar-refractivity contribution in [1.82, 2.24) is 15.1 Å². The van der Waals surface area contributed by atoms with Crippen LogP contribution >= 0.6 is 0 Å². The SMILES string of the molecule is C=C1C[C@H]2[C@H](O)N(C(=O)OCc3ccc(NC(=O)[C@H](C)NC(=O)[C@@H](N)C(C)C)cc3)c3cc(OCCCOc4cc5c(cc4OC)C(=O)N4CC(=C)C[C@H]4[C@H](O)N5C(=O)OC(C)(C)C)c(OC)cc3C(=O)N2C1. The van der Waals surface area contributed by atoms with E-state index in [0.29, 0.717) is 16.8 Å². The molecule has 0 spiro atoms. The Balaban J connectivity index is 1.06. The second-order valence-electron chi connectivity index (χ2n) is 19.8. The molecule has 0 unspecified atom stereocenters. The number of amides is 6. The third kappa shape index (κ3) is 11.5. The van der Waals surface area contributed by atoms with Gasteiger partial charge in [0.15, 0.2) is 35.5 Å². The van der Waals surface area contributed by atoms with Gasteiger partial charge in [0.25, 0.3) is 11.8 Å². The zero-order valence-electron chi connectivity index (χ0n) is 42.4. The predicted molar refractivity (Wildman–Crippen MR) is 268 cm³/mol. The lowest BCUT2D eigenvalue weighted by molar-refractivity contribution is -0.127. The van der Waals surface area contributed by atoms with Crippen LogP contribution in [0.25, 0.3) is 0 Å². The first-order valence-electron chi connectivity index (χ1n) is 24.0. The Hall–Kier alpha value is -7.36. The zero-order chi connectivity index (χ0) is 53.2. The quantitative estimate of drug-likeness (QED) is 0.0984. The lowest BCUT2D eigenvalue weighted by atomic mass is 10.0. The van der Waals surface area contributed by atoms with E-state index >= 15 is 0 Å². The fraction of sp³-hybridized carbons (Fsp3) is 0.462. The van der Waals surface area contributed by atoms with Gasteiger partial charge in [0.05, 0.1) is 68.1 Å². The Kier molecular flexibility index (Phi) is 15.9. The highest BCUT2D eigenvalue weighted by Gasteiger charge is 2.48. The van der Waals surface area contributed by atoms with Crippen molar-refractivity contribution in [2.24, 2.45) is 11.7 Å². The van der Waals surface area contributed by atoms with Gasteiger partial charge in [-0.2, -0.15) is 0 Å². The summed E-state index contributed by atoms with van der Waals surface area (Å²) in [7, 11) is 2.80. The van der Waals surface area contributed by atoms with Crippen LogP contribution in [0.2, 0.25) is 0 Å². The lowest BCUT2D eigenvalue weighted by Crippen LogP contribution is -2.51. The number of rotatable bonds is 15. The van der Waals surface area contributed by atoms with E-state index in [0.717, 1.165) is 15.4 Å². The molecular formula is C52H65N7O14. The lowest BCUT2D eigenvalue weighted by Gasteiger charge is -2.33. The van der Waals surface area contributed by atoms with E-state index in [9.17, 15) is 39.0 Å². The molecule has 2 fully saturated rings. The number of nitrogens with one attached hydrogen (secondary N) is 2. The number of aliphatic hydroxyl groups is 2. The number of ether oxygens (including phenoxy) is 6. The summed E-state index contributed by atoms with van der Waals surface area (Å²) in [5.41, 5.74) is 7.57. The number of anilines is 3. The minimum absolute atomic E-state index is 0.00829. The normalized spacial score (nSPS) is 20.2. The monoisotopic (exact) mass is 1010 g/mol. The minimum atomic E-state index is -1.56. The molecule has 7 rings (SSSR count). The van der Waals surface area contributed by atoms with E-state index in [1.165, 1.54) is 48.3 Å². The van der Waals surface area contributed by atoms with Crippen molar-refractivity contribution in [3.8, 4) is 23.0 Å². The first kappa shape index (κ1) is 53.4. The van der Waals surface area contributed by atoms with Crippen molar-refractivity contribution >= 4 is 52.9 Å². The summed E-state index contributed by atoms with van der Waals surface area (Å²) < 4.78 is 35.1. The molecule has 21 heteroatoms. The molecule has 4 aliphatic rings. The van der Waals surface area contributed by atoms with Crippen LogP contribution in [0.4, 0.5) is 26.7 Å². The van der Waals surface area contributed by atoms with Gasteiger partial charge in [-0.1, -0.05) is 50.3 Å². The molecule has 0 aliphatic carbocycles. The first-order chi connectivity index (χ1) is 34.5. The highest BCUT2D eigenvalue weighted by Crippen LogP contribution is 2.44. The molecule has 6 amide bonds. The minimum Gasteiger partial charge on any atom is -0.493 e. The highest BCUT2D eigenvalue weighted by molar-refractivity contribution is 6.07. The van der Waals surface area contributed by atoms with E-state index in [4.69, 9.17) is 34.2 Å². The standard InChI is InChI=1S/C52H65N7O14/c1-27(2)43(53)45(61)54-30(5)44(60)55-32-14-12-31(13-15-32)26-72-50(66)58-35-22-41(39(68-9)20-33(35)46(62)56-24-28(3)18-37(56)48(58)64)70-16-11-17-71-42-23-36-34(21-40(42)69-10)47(63)57-25-29(4)19-38(57)49(65)59(36)51(67)73-52(6,7)8/h12-15,20-23,27,30,37-38,43,48-49,64-65H,3-4,11,16-19,24-26,53H2,1-2,5-10H3,(H,54,61)(H,55,60)/t30-,37-,38-,43-,48-,49-/m0/s1. The van der Waals surface area contributed by atoms with E-state index < -0.39 is 78.0 Å². The Bertz CT molecular complexity index is 2670. The number of carbonyl (C=O) groups excluding carboxylic acids is 6. The van der Waals surface area contributed by atoms with Crippen LogP contribution in [0.5, 0.6) is 23.0 Å². The number of benzene rings is 3. The molecule has 0 aromatic heterocycles. The van der Waals surface area contributed by atoms with Gasteiger partial charge in [-0.05, 0) is 76.3 Å². The molecular weight excluding hydrogens is 947 g/mol. The molecule has 4 heterocycles. The third-order valence-corrected chi connectivity index (χ3v) is 12.8. The number of aliphatic hydroxyl groups excluding tert-OH is 2. The topological polar surface area (TPSA) is 261 Å². The Morgan fingerprint density at radius 2 is 1.22 bits per heavy atom. The van der Waals surface area contributed by atoms with Crippen LogP contribution < -0.4 is 45.1 Å². The highest BCUT2D eigenvalue weighted by atomic mass is 16.6. The van der Waals surface area contributed by atoms with Crippen LogP contribution in [-0.2, 0) is 25.7 Å². The summed E-state index contributed by atoms with van der Waals surface area (Å²) in [6.07, 6.45) is -4.11. The molecule has 21 nitrogen and oxygen atoms in total. The maximum Gasteiger partial charge on any atom is 0.417 e. The summed E-state index contributed by atoms with van der Waals surface area (Å²) in [5, 5.41) is 28.9. The zero-order valence-corrected chi connectivity index (χ0v) is 42.4. The fourth-order valence-corrected chi connectivity index (χ4v) is 8.93. The van der Waals surface area contributed by atoms with E-state index in [1.54, 1.807) is 65.8 Å². The fourth-order valence-electron chi connectivity index (χ4n) is 8.93. The molecule has 0 radical (unpaired) electrons. The molecule has 73 heavy (non-hydrogen) atoms. The van der Waals surface area contributed by atoms with E-state index in [1.807, 2.05) is 0 Å². The summed E-state index contributed by atoms with van der Waals surface area (Å²) in [5.74, 6) is -1.27. The maximum atomic E-state index is 14.2. The van der Waals surface area contributed by atoms with Gasteiger partial charge >= 0.3 is 12.2 Å². The smallest absolute Gasteiger partial charge is 0.417 e. The van der Waals surface area contributed by atoms with Gasteiger partial charge in [0.1, 0.15) is 18.2 Å². The Morgan fingerprint density at radius 1 is 0.740 bits per heavy atom. The summed E-state index contributed by atoms with van der Waals surface area (Å²) >= 11 is 0. The van der Waals surface area contributed by atoms with Crippen LogP contribution in [0, 0.1) is 5.92 Å². The van der Waals surface area contributed by atoms with Gasteiger partial charge in [0.2, 0.25) is 11.8 Å². The molecule has 392 valence electrons. The number of nitrogens with two attached hydrogens (primary N) is 1. The van der Waals surface area contributed by atoms with E-state index in [2.05, 4.69) is 23.8 Å². The van der Waals surface area contributed by atoms with Crippen molar-refractivity contribution < 1.29 is 67.4 Å². The Labute approximate surface area is 423 Å². The molecule has 0 saturated carbocycles. The van der Waals surface area contributed by atoms with Crippen molar-refractivity contribution in [3.05, 3.63) is 89.5 Å². The molecule has 3 aromatic rings. The van der Waals surface area contributed by atoms with E-state index in [-0.39, 0.29) is 104 Å². The van der Waals surface area contributed by atoms with Crippen molar-refractivity contribution in [2.45, 2.75) is 110 Å². The van der Waals surface area contributed by atoms with Crippen LogP contribution in [0.15, 0.2) is 72.8 Å². The van der Waals surface area contributed by atoms with Gasteiger partial charge in [-0.3, -0.25) is 19.2 Å².